The van der Waals surface area contributed by atoms with Crippen molar-refractivity contribution < 1.29 is 0 Å². The Morgan fingerprint density at radius 3 is 1.71 bits per heavy atom. The van der Waals surface area contributed by atoms with Crippen LogP contribution in [0.4, 0.5) is 0 Å². The van der Waals surface area contributed by atoms with Gasteiger partial charge in [-0.05, 0) is 61.0 Å². The second-order valence-electron chi connectivity index (χ2n) is 5.75. The van der Waals surface area contributed by atoms with Crippen LogP contribution in [0.5, 0.6) is 0 Å². The number of rotatable bonds is 7. The molecule has 0 heterocycles. The van der Waals surface area contributed by atoms with Gasteiger partial charge in [-0.25, -0.2) is 0 Å². The third kappa shape index (κ3) is 4.51. The van der Waals surface area contributed by atoms with Crippen LogP contribution in [0.15, 0.2) is 12.1 Å². The maximum absolute atomic E-state index is 6.04. The smallest absolute Gasteiger partial charge is 0.0477 e. The number of benzene rings is 1. The van der Waals surface area contributed by atoms with E-state index < -0.39 is 0 Å². The predicted molar refractivity (Wildman–Crippen MR) is 96.2 cm³/mol. The van der Waals surface area contributed by atoms with Crippen molar-refractivity contribution >= 4 is 35.6 Å². The fraction of sp³-hybridized carbons (Fsp3) is 0.647. The van der Waals surface area contributed by atoms with Crippen LogP contribution >= 0.6 is 35.6 Å². The van der Waals surface area contributed by atoms with Gasteiger partial charge in [0, 0.05) is 17.8 Å². The molecule has 2 rings (SSSR count). The highest BCUT2D eigenvalue weighted by Gasteiger charge is 2.26. The lowest BCUT2D eigenvalue weighted by Gasteiger charge is -2.27. The number of fused-ring (bicyclic) bond motifs is 1. The van der Waals surface area contributed by atoms with E-state index in [2.05, 4.69) is 30.9 Å². The van der Waals surface area contributed by atoms with Crippen LogP contribution in [0.2, 0.25) is 0 Å². The van der Waals surface area contributed by atoms with Gasteiger partial charge >= 0.3 is 0 Å². The molecule has 1 aliphatic rings. The Morgan fingerprint density at radius 2 is 1.38 bits per heavy atom. The van der Waals surface area contributed by atoms with Gasteiger partial charge in [0.2, 0.25) is 0 Å². The Morgan fingerprint density at radius 1 is 0.952 bits per heavy atom. The highest BCUT2D eigenvalue weighted by molar-refractivity contribution is 6.18. The van der Waals surface area contributed by atoms with Gasteiger partial charge in [0.1, 0.15) is 0 Å². The number of hydrogen-bond donors (Lipinski definition) is 0. The first-order valence-corrected chi connectivity index (χ1v) is 8.79. The summed E-state index contributed by atoms with van der Waals surface area (Å²) in [6.07, 6.45) is 4.79. The minimum atomic E-state index is 0. The maximum atomic E-state index is 6.04. The maximum Gasteiger partial charge on any atom is 0.0477 e. The Labute approximate surface area is 145 Å². The van der Waals surface area contributed by atoms with Crippen molar-refractivity contribution in [2.75, 3.05) is 13.1 Å². The highest BCUT2D eigenvalue weighted by atomic mass is 35.5. The second kappa shape index (κ2) is 9.25. The minimum absolute atomic E-state index is 0. The molecule has 0 atom stereocenters. The third-order valence-electron chi connectivity index (χ3n) is 4.26. The van der Waals surface area contributed by atoms with E-state index in [1.807, 2.05) is 0 Å². The Hall–Kier alpha value is 0.0500. The molecule has 4 heteroatoms. The molecule has 1 aromatic rings. The first-order chi connectivity index (χ1) is 9.73. The zero-order valence-corrected chi connectivity index (χ0v) is 15.3. The number of nitrogens with zero attached hydrogens (tertiary/aromatic N) is 1. The second-order valence-corrected chi connectivity index (χ2v) is 6.29. The van der Waals surface area contributed by atoms with E-state index in [0.29, 0.717) is 17.8 Å². The van der Waals surface area contributed by atoms with Gasteiger partial charge in [0.15, 0.2) is 0 Å². The molecule has 1 nitrogen and oxygen atoms in total. The van der Waals surface area contributed by atoms with Crippen LogP contribution in [-0.4, -0.2) is 24.0 Å². The van der Waals surface area contributed by atoms with Crippen LogP contribution in [0, 0.1) is 0 Å². The Balaban J connectivity index is 0.00000220. The summed E-state index contributed by atoms with van der Waals surface area (Å²) in [6.45, 7) is 6.94. The molecular weight excluding hydrogens is 325 g/mol. The van der Waals surface area contributed by atoms with Gasteiger partial charge in [0.25, 0.3) is 0 Å². The summed E-state index contributed by atoms with van der Waals surface area (Å²) >= 11 is 12.1. The SMILES string of the molecule is CCCN(CCC)C1Cc2cc(CCl)c(CCl)cc2C1.Cl. The number of alkyl halides is 2. The summed E-state index contributed by atoms with van der Waals surface area (Å²) in [5, 5.41) is 0. The Bertz CT molecular complexity index is 409. The molecule has 1 aromatic carbocycles. The van der Waals surface area contributed by atoms with Crippen molar-refractivity contribution in [1.82, 2.24) is 4.90 Å². The van der Waals surface area contributed by atoms with Crippen LogP contribution in [0.3, 0.4) is 0 Å². The van der Waals surface area contributed by atoms with Gasteiger partial charge in [-0.1, -0.05) is 26.0 Å². The molecule has 0 saturated carbocycles. The number of hydrogen-bond acceptors (Lipinski definition) is 1. The predicted octanol–water partition coefficient (Wildman–Crippen LogP) is 5.18. The first-order valence-electron chi connectivity index (χ1n) is 7.72. The summed E-state index contributed by atoms with van der Waals surface area (Å²) in [4.78, 5) is 2.65. The summed E-state index contributed by atoms with van der Waals surface area (Å²) in [5.41, 5.74) is 5.38. The lowest BCUT2D eigenvalue weighted by molar-refractivity contribution is 0.202. The molecule has 0 unspecified atom stereocenters. The Kier molecular flexibility index (Phi) is 8.41. The quantitative estimate of drug-likeness (QED) is 0.613. The van der Waals surface area contributed by atoms with E-state index >= 15 is 0 Å². The van der Waals surface area contributed by atoms with Crippen LogP contribution in [-0.2, 0) is 24.6 Å². The molecular formula is C17H26Cl3N. The minimum Gasteiger partial charge on any atom is -0.300 e. The molecule has 0 N–H and O–H groups in total. The molecule has 0 fully saturated rings. The zero-order chi connectivity index (χ0) is 14.5. The summed E-state index contributed by atoms with van der Waals surface area (Å²) < 4.78 is 0. The molecule has 0 amide bonds. The van der Waals surface area contributed by atoms with Crippen molar-refractivity contribution in [3.8, 4) is 0 Å². The zero-order valence-electron chi connectivity index (χ0n) is 13.0. The van der Waals surface area contributed by atoms with E-state index in [1.165, 1.54) is 61.0 Å². The lowest BCUT2D eigenvalue weighted by Crippen LogP contribution is -2.37. The molecule has 0 radical (unpaired) electrons. The normalized spacial score (nSPS) is 14.3. The van der Waals surface area contributed by atoms with Crippen LogP contribution < -0.4 is 0 Å². The van der Waals surface area contributed by atoms with Crippen molar-refractivity contribution in [3.63, 3.8) is 0 Å². The fourth-order valence-corrected chi connectivity index (χ4v) is 3.81. The third-order valence-corrected chi connectivity index (χ3v) is 4.83. The van der Waals surface area contributed by atoms with Gasteiger partial charge < -0.3 is 0 Å². The summed E-state index contributed by atoms with van der Waals surface area (Å²) in [6, 6.07) is 5.24. The molecule has 120 valence electrons. The monoisotopic (exact) mass is 349 g/mol. The first kappa shape index (κ1) is 19.1. The molecule has 0 aliphatic heterocycles. The number of halogens is 3. The van der Waals surface area contributed by atoms with Gasteiger partial charge in [0.05, 0.1) is 0 Å². The van der Waals surface area contributed by atoms with Crippen LogP contribution in [0.1, 0.15) is 48.9 Å². The average molecular weight is 351 g/mol. The van der Waals surface area contributed by atoms with Crippen molar-refractivity contribution in [3.05, 3.63) is 34.4 Å². The standard InChI is InChI=1S/C17H25Cl2N.ClH/c1-3-5-20(6-4-2)17-9-13-7-15(11-18)16(12-19)8-14(13)10-17;/h7-8,17H,3-6,9-12H2,1-2H3;1H. The fourth-order valence-electron chi connectivity index (χ4n) is 3.31. The van der Waals surface area contributed by atoms with E-state index in [0.717, 1.165) is 0 Å². The van der Waals surface area contributed by atoms with Gasteiger partial charge in [-0.15, -0.1) is 35.6 Å². The van der Waals surface area contributed by atoms with Crippen LogP contribution in [0.25, 0.3) is 0 Å². The van der Waals surface area contributed by atoms with E-state index in [4.69, 9.17) is 23.2 Å². The average Bonchev–Trinajstić information content (AvgIpc) is 2.88. The van der Waals surface area contributed by atoms with E-state index in [9.17, 15) is 0 Å². The molecule has 0 saturated heterocycles. The highest BCUT2D eigenvalue weighted by Crippen LogP contribution is 2.30. The molecule has 1 aliphatic carbocycles. The van der Waals surface area contributed by atoms with Gasteiger partial charge in [-0.2, -0.15) is 0 Å². The largest absolute Gasteiger partial charge is 0.300 e. The summed E-state index contributed by atoms with van der Waals surface area (Å²) in [5.74, 6) is 1.13. The summed E-state index contributed by atoms with van der Waals surface area (Å²) in [7, 11) is 0. The van der Waals surface area contributed by atoms with Gasteiger partial charge in [-0.3, -0.25) is 4.90 Å². The van der Waals surface area contributed by atoms with E-state index in [-0.39, 0.29) is 12.4 Å². The molecule has 21 heavy (non-hydrogen) atoms. The molecule has 0 spiro atoms. The topological polar surface area (TPSA) is 3.24 Å². The van der Waals surface area contributed by atoms with Crippen molar-refractivity contribution in [2.24, 2.45) is 0 Å². The molecule has 0 bridgehead atoms. The van der Waals surface area contributed by atoms with Crippen molar-refractivity contribution in [1.29, 1.82) is 0 Å². The van der Waals surface area contributed by atoms with Crippen molar-refractivity contribution in [2.45, 2.75) is 57.3 Å². The van der Waals surface area contributed by atoms with E-state index in [1.54, 1.807) is 0 Å². The lowest BCUT2D eigenvalue weighted by atomic mass is 10.0. The molecule has 0 aromatic heterocycles.